The number of ether oxygens (including phenoxy) is 1. The normalized spacial score (nSPS) is 20.2. The Morgan fingerprint density at radius 1 is 1.50 bits per heavy atom. The van der Waals surface area contributed by atoms with E-state index >= 15 is 0 Å². The molecule has 2 rings (SSSR count). The summed E-state index contributed by atoms with van der Waals surface area (Å²) in [4.78, 5) is 10.8. The Morgan fingerprint density at radius 2 is 2.28 bits per heavy atom. The largest absolute Gasteiger partial charge is 0.394 e. The van der Waals surface area contributed by atoms with Gasteiger partial charge < -0.3 is 14.7 Å². The molecular weight excluding hydrogens is 254 g/mol. The van der Waals surface area contributed by atoms with Gasteiger partial charge in [0.1, 0.15) is 16.8 Å². The lowest BCUT2D eigenvalue weighted by molar-refractivity contribution is 0.0722. The third-order valence-electron chi connectivity index (χ3n) is 3.13. The molecule has 0 saturated carbocycles. The minimum atomic E-state index is -0.0619. The van der Waals surface area contributed by atoms with Crippen LogP contribution in [0, 0.1) is 6.92 Å². The van der Waals surface area contributed by atoms with Gasteiger partial charge in [-0.3, -0.25) is 0 Å². The molecular formula is C12H18ClN3O2. The molecule has 2 heterocycles. The molecule has 100 valence electrons. The highest BCUT2D eigenvalue weighted by atomic mass is 35.5. The van der Waals surface area contributed by atoms with Crippen LogP contribution in [0.15, 0.2) is 0 Å². The van der Waals surface area contributed by atoms with Gasteiger partial charge >= 0.3 is 0 Å². The molecule has 0 radical (unpaired) electrons. The molecule has 18 heavy (non-hydrogen) atoms. The van der Waals surface area contributed by atoms with Crippen molar-refractivity contribution in [2.45, 2.75) is 26.3 Å². The van der Waals surface area contributed by atoms with Crippen molar-refractivity contribution in [2.24, 2.45) is 0 Å². The number of aryl methyl sites for hydroxylation is 1. The molecule has 1 fully saturated rings. The highest BCUT2D eigenvalue weighted by Gasteiger charge is 2.26. The quantitative estimate of drug-likeness (QED) is 0.837. The van der Waals surface area contributed by atoms with Crippen molar-refractivity contribution in [3.05, 3.63) is 16.5 Å². The van der Waals surface area contributed by atoms with E-state index in [4.69, 9.17) is 16.3 Å². The molecule has 1 unspecified atom stereocenters. The highest BCUT2D eigenvalue weighted by Crippen LogP contribution is 2.26. The summed E-state index contributed by atoms with van der Waals surface area (Å²) in [6, 6.07) is -0.0619. The second-order valence-corrected chi connectivity index (χ2v) is 4.70. The maximum atomic E-state index is 9.41. The van der Waals surface area contributed by atoms with Crippen molar-refractivity contribution in [2.75, 3.05) is 31.3 Å². The number of aliphatic hydroxyl groups is 1. The average molecular weight is 272 g/mol. The number of hydrogen-bond donors (Lipinski definition) is 1. The van der Waals surface area contributed by atoms with Crippen LogP contribution in [0.3, 0.4) is 0 Å². The van der Waals surface area contributed by atoms with Crippen LogP contribution in [0.5, 0.6) is 0 Å². The predicted octanol–water partition coefficient (Wildman–Crippen LogP) is 1.20. The Kier molecular flexibility index (Phi) is 4.37. The van der Waals surface area contributed by atoms with Crippen LogP contribution in [-0.4, -0.2) is 47.5 Å². The maximum absolute atomic E-state index is 9.41. The number of aromatic nitrogens is 2. The number of hydrogen-bond acceptors (Lipinski definition) is 5. The Bertz CT molecular complexity index is 428. The van der Waals surface area contributed by atoms with Gasteiger partial charge in [-0.15, -0.1) is 0 Å². The number of morpholine rings is 1. The molecule has 0 bridgehead atoms. The zero-order valence-corrected chi connectivity index (χ0v) is 11.4. The lowest BCUT2D eigenvalue weighted by Gasteiger charge is -2.36. The van der Waals surface area contributed by atoms with Gasteiger partial charge in [-0.05, 0) is 6.92 Å². The summed E-state index contributed by atoms with van der Waals surface area (Å²) < 4.78 is 5.37. The fourth-order valence-electron chi connectivity index (χ4n) is 2.04. The van der Waals surface area contributed by atoms with E-state index in [1.807, 2.05) is 13.8 Å². The number of nitrogens with zero attached hydrogens (tertiary/aromatic N) is 3. The van der Waals surface area contributed by atoms with Crippen molar-refractivity contribution in [1.82, 2.24) is 9.97 Å². The lowest BCUT2D eigenvalue weighted by Crippen LogP contribution is -2.48. The first-order valence-electron chi connectivity index (χ1n) is 6.15. The van der Waals surface area contributed by atoms with Crippen molar-refractivity contribution in [1.29, 1.82) is 0 Å². The Balaban J connectivity index is 2.38. The van der Waals surface area contributed by atoms with E-state index in [0.29, 0.717) is 24.9 Å². The standard InChI is InChI=1S/C12H18ClN3O2/c1-3-10-14-11(13)8(2)12(15-10)16-4-5-18-7-9(16)6-17/h9,17H,3-7H2,1-2H3. The first-order chi connectivity index (χ1) is 8.67. The molecule has 6 heteroatoms. The minimum absolute atomic E-state index is 0.0442. The third-order valence-corrected chi connectivity index (χ3v) is 3.50. The average Bonchev–Trinajstić information content (AvgIpc) is 2.41. The van der Waals surface area contributed by atoms with Crippen LogP contribution in [-0.2, 0) is 11.2 Å². The molecule has 1 aromatic rings. The van der Waals surface area contributed by atoms with Gasteiger partial charge in [-0.1, -0.05) is 18.5 Å². The Morgan fingerprint density at radius 3 is 2.94 bits per heavy atom. The summed E-state index contributed by atoms with van der Waals surface area (Å²) in [5, 5.41) is 9.90. The predicted molar refractivity (Wildman–Crippen MR) is 70.2 cm³/mol. The molecule has 5 nitrogen and oxygen atoms in total. The summed E-state index contributed by atoms with van der Waals surface area (Å²) in [5.74, 6) is 1.54. The van der Waals surface area contributed by atoms with Crippen LogP contribution in [0.4, 0.5) is 5.82 Å². The van der Waals surface area contributed by atoms with Gasteiger partial charge in [0.2, 0.25) is 0 Å². The van der Waals surface area contributed by atoms with Gasteiger partial charge in [-0.25, -0.2) is 9.97 Å². The molecule has 1 atom stereocenters. The fraction of sp³-hybridized carbons (Fsp3) is 0.667. The maximum Gasteiger partial charge on any atom is 0.137 e. The molecule has 1 N–H and O–H groups in total. The van der Waals surface area contributed by atoms with E-state index < -0.39 is 0 Å². The number of anilines is 1. The van der Waals surface area contributed by atoms with E-state index in [1.165, 1.54) is 0 Å². The van der Waals surface area contributed by atoms with Crippen LogP contribution >= 0.6 is 11.6 Å². The first-order valence-corrected chi connectivity index (χ1v) is 6.53. The van der Waals surface area contributed by atoms with Gasteiger partial charge in [0.05, 0.1) is 25.9 Å². The van der Waals surface area contributed by atoms with Gasteiger partial charge in [0.15, 0.2) is 0 Å². The Hall–Kier alpha value is -0.910. The zero-order chi connectivity index (χ0) is 13.1. The molecule has 1 saturated heterocycles. The van der Waals surface area contributed by atoms with Gasteiger partial charge in [0.25, 0.3) is 0 Å². The molecule has 0 spiro atoms. The second kappa shape index (κ2) is 5.82. The van der Waals surface area contributed by atoms with Gasteiger partial charge in [-0.2, -0.15) is 0 Å². The minimum Gasteiger partial charge on any atom is -0.394 e. The third kappa shape index (κ3) is 2.58. The monoisotopic (exact) mass is 271 g/mol. The van der Waals surface area contributed by atoms with E-state index in [1.54, 1.807) is 0 Å². The zero-order valence-electron chi connectivity index (χ0n) is 10.7. The number of rotatable bonds is 3. The number of aliphatic hydroxyl groups excluding tert-OH is 1. The lowest BCUT2D eigenvalue weighted by atomic mass is 10.2. The summed E-state index contributed by atoms with van der Waals surface area (Å²) in [5.41, 5.74) is 0.856. The molecule has 0 aliphatic carbocycles. The highest BCUT2D eigenvalue weighted by molar-refractivity contribution is 6.30. The van der Waals surface area contributed by atoms with Gasteiger partial charge in [0, 0.05) is 18.5 Å². The second-order valence-electron chi connectivity index (χ2n) is 4.34. The number of halogens is 1. The SMILES string of the molecule is CCc1nc(Cl)c(C)c(N2CCOCC2CO)n1. The van der Waals surface area contributed by atoms with Crippen LogP contribution in [0.2, 0.25) is 5.15 Å². The van der Waals surface area contributed by atoms with Crippen molar-refractivity contribution < 1.29 is 9.84 Å². The Labute approximate surface area is 112 Å². The van der Waals surface area contributed by atoms with Crippen molar-refractivity contribution >= 4 is 17.4 Å². The van der Waals surface area contributed by atoms with Crippen LogP contribution in [0.1, 0.15) is 18.3 Å². The molecule has 0 amide bonds. The van der Waals surface area contributed by atoms with Crippen LogP contribution in [0.25, 0.3) is 0 Å². The molecule has 0 aromatic carbocycles. The van der Waals surface area contributed by atoms with Crippen molar-refractivity contribution in [3.8, 4) is 0 Å². The van der Waals surface area contributed by atoms with E-state index in [9.17, 15) is 5.11 Å². The van der Waals surface area contributed by atoms with Crippen LogP contribution < -0.4 is 4.90 Å². The summed E-state index contributed by atoms with van der Waals surface area (Å²) in [6.07, 6.45) is 0.737. The summed E-state index contributed by atoms with van der Waals surface area (Å²) in [6.45, 7) is 5.80. The first kappa shape index (κ1) is 13.5. The fourth-order valence-corrected chi connectivity index (χ4v) is 2.23. The molecule has 1 aliphatic rings. The molecule has 1 aliphatic heterocycles. The van der Waals surface area contributed by atoms with Crippen molar-refractivity contribution in [3.63, 3.8) is 0 Å². The molecule has 1 aromatic heterocycles. The van der Waals surface area contributed by atoms with E-state index in [0.717, 1.165) is 23.6 Å². The smallest absolute Gasteiger partial charge is 0.137 e. The summed E-state index contributed by atoms with van der Waals surface area (Å²) in [7, 11) is 0. The van der Waals surface area contributed by atoms with E-state index in [-0.39, 0.29) is 12.6 Å². The van der Waals surface area contributed by atoms with E-state index in [2.05, 4.69) is 14.9 Å². The summed E-state index contributed by atoms with van der Waals surface area (Å²) >= 11 is 6.14. The topological polar surface area (TPSA) is 58.5 Å².